The molecule has 0 bridgehead atoms. The van der Waals surface area contributed by atoms with Crippen LogP contribution in [-0.2, 0) is 4.43 Å². The van der Waals surface area contributed by atoms with Gasteiger partial charge in [-0.2, -0.15) is 0 Å². The molecule has 0 N–H and O–H groups in total. The molecule has 2 aliphatic rings. The van der Waals surface area contributed by atoms with Gasteiger partial charge in [-0.25, -0.2) is 0 Å². The van der Waals surface area contributed by atoms with Crippen molar-refractivity contribution < 1.29 is 4.43 Å². The Bertz CT molecular complexity index is 229. The number of rotatable bonds is 5. The normalized spacial score (nSPS) is 33.7. The fourth-order valence-corrected chi connectivity index (χ4v) is 7.11. The van der Waals surface area contributed by atoms with E-state index in [2.05, 4.69) is 20.8 Å². The van der Waals surface area contributed by atoms with Gasteiger partial charge in [-0.05, 0) is 49.2 Å². The van der Waals surface area contributed by atoms with Crippen LogP contribution >= 0.6 is 0 Å². The van der Waals surface area contributed by atoms with Crippen molar-refractivity contribution in [3.8, 4) is 0 Å². The van der Waals surface area contributed by atoms with E-state index in [1.54, 1.807) is 0 Å². The third-order valence-corrected chi connectivity index (χ3v) is 10.3. The molecule has 0 amide bonds. The van der Waals surface area contributed by atoms with E-state index in [1.165, 1.54) is 56.7 Å². The second kappa shape index (κ2) is 5.88. The average Bonchev–Trinajstić information content (AvgIpc) is 2.85. The van der Waals surface area contributed by atoms with Crippen molar-refractivity contribution in [2.75, 3.05) is 0 Å². The first-order valence-electron chi connectivity index (χ1n) is 7.92. The van der Waals surface area contributed by atoms with Crippen molar-refractivity contribution in [1.82, 2.24) is 0 Å². The van der Waals surface area contributed by atoms with E-state index < -0.39 is 8.32 Å². The first-order valence-corrected chi connectivity index (χ1v) is 10.5. The predicted octanol–water partition coefficient (Wildman–Crippen LogP) is 4.98. The van der Waals surface area contributed by atoms with Crippen molar-refractivity contribution in [3.05, 3.63) is 0 Å². The SMILES string of the molecule is CC[Si](CC)(CC)OC1CCCC2CCCC21. The largest absolute Gasteiger partial charge is 0.414 e. The molecule has 0 radical (unpaired) electrons. The Morgan fingerprint density at radius 1 is 0.882 bits per heavy atom. The molecule has 0 heterocycles. The summed E-state index contributed by atoms with van der Waals surface area (Å²) >= 11 is 0. The number of hydrogen-bond donors (Lipinski definition) is 0. The van der Waals surface area contributed by atoms with Crippen LogP contribution in [0.3, 0.4) is 0 Å². The summed E-state index contributed by atoms with van der Waals surface area (Å²) in [4.78, 5) is 0. The smallest absolute Gasteiger partial charge is 0.192 e. The van der Waals surface area contributed by atoms with Gasteiger partial charge in [-0.1, -0.05) is 40.0 Å². The molecule has 0 aromatic carbocycles. The van der Waals surface area contributed by atoms with Gasteiger partial charge in [0.2, 0.25) is 0 Å². The molecule has 0 aromatic rings. The molecule has 0 aromatic heterocycles. The molecule has 0 spiro atoms. The highest BCUT2D eigenvalue weighted by atomic mass is 28.4. The zero-order valence-electron chi connectivity index (χ0n) is 12.0. The molecule has 3 atom stereocenters. The molecule has 2 saturated carbocycles. The van der Waals surface area contributed by atoms with Crippen LogP contribution in [0.1, 0.15) is 59.3 Å². The standard InChI is InChI=1S/C15H30OSi/c1-4-17(5-2,6-3)16-15-12-8-10-13-9-7-11-14(13)15/h13-15H,4-12H2,1-3H3. The maximum Gasteiger partial charge on any atom is 0.192 e. The van der Waals surface area contributed by atoms with E-state index in [4.69, 9.17) is 4.43 Å². The van der Waals surface area contributed by atoms with Gasteiger partial charge in [0.1, 0.15) is 0 Å². The van der Waals surface area contributed by atoms with E-state index in [-0.39, 0.29) is 0 Å². The molecule has 2 rings (SSSR count). The fourth-order valence-electron chi connectivity index (χ4n) is 4.18. The van der Waals surface area contributed by atoms with Gasteiger partial charge in [-0.3, -0.25) is 0 Å². The maximum absolute atomic E-state index is 6.78. The van der Waals surface area contributed by atoms with Crippen molar-refractivity contribution in [2.24, 2.45) is 11.8 Å². The average molecular weight is 254 g/mol. The Kier molecular flexibility index (Phi) is 4.70. The van der Waals surface area contributed by atoms with Crippen LogP contribution in [0.4, 0.5) is 0 Å². The van der Waals surface area contributed by atoms with Crippen molar-refractivity contribution in [1.29, 1.82) is 0 Å². The maximum atomic E-state index is 6.78. The lowest BCUT2D eigenvalue weighted by atomic mass is 9.80. The molecule has 0 saturated heterocycles. The fraction of sp³-hybridized carbons (Fsp3) is 1.00. The number of fused-ring (bicyclic) bond motifs is 1. The minimum Gasteiger partial charge on any atom is -0.414 e. The Morgan fingerprint density at radius 2 is 1.47 bits per heavy atom. The predicted molar refractivity (Wildman–Crippen MR) is 76.8 cm³/mol. The van der Waals surface area contributed by atoms with Gasteiger partial charge in [0.25, 0.3) is 0 Å². The van der Waals surface area contributed by atoms with Crippen LogP contribution < -0.4 is 0 Å². The Balaban J connectivity index is 2.01. The molecular formula is C15H30OSi. The summed E-state index contributed by atoms with van der Waals surface area (Å²) in [5, 5.41) is 0. The molecule has 2 heteroatoms. The van der Waals surface area contributed by atoms with Gasteiger partial charge in [0.05, 0.1) is 0 Å². The molecule has 1 nitrogen and oxygen atoms in total. The zero-order chi connectivity index (χ0) is 12.3. The summed E-state index contributed by atoms with van der Waals surface area (Å²) in [7, 11) is -1.36. The molecule has 2 aliphatic carbocycles. The number of hydrogen-bond acceptors (Lipinski definition) is 1. The van der Waals surface area contributed by atoms with Crippen molar-refractivity contribution in [3.63, 3.8) is 0 Å². The summed E-state index contributed by atoms with van der Waals surface area (Å²) in [6.45, 7) is 7.07. The molecule has 17 heavy (non-hydrogen) atoms. The first kappa shape index (κ1) is 13.6. The van der Waals surface area contributed by atoms with E-state index in [0.29, 0.717) is 6.10 Å². The molecular weight excluding hydrogens is 224 g/mol. The molecule has 3 unspecified atom stereocenters. The Labute approximate surface area is 108 Å². The molecule has 100 valence electrons. The highest BCUT2D eigenvalue weighted by molar-refractivity contribution is 6.73. The van der Waals surface area contributed by atoms with Gasteiger partial charge < -0.3 is 4.43 Å². The molecule has 0 aliphatic heterocycles. The van der Waals surface area contributed by atoms with Crippen LogP contribution in [0.2, 0.25) is 18.1 Å². The minimum atomic E-state index is -1.36. The first-order chi connectivity index (χ1) is 8.24. The Hall–Kier alpha value is 0.177. The highest BCUT2D eigenvalue weighted by Gasteiger charge is 2.41. The summed E-state index contributed by atoms with van der Waals surface area (Å²) in [5.74, 6) is 1.95. The molecule has 2 fully saturated rings. The summed E-state index contributed by atoms with van der Waals surface area (Å²) in [6, 6.07) is 3.94. The van der Waals surface area contributed by atoms with Crippen LogP contribution in [0.25, 0.3) is 0 Å². The second-order valence-corrected chi connectivity index (χ2v) is 10.9. The van der Waals surface area contributed by atoms with Gasteiger partial charge >= 0.3 is 0 Å². The lowest BCUT2D eigenvalue weighted by molar-refractivity contribution is 0.0589. The summed E-state index contributed by atoms with van der Waals surface area (Å²) in [5.41, 5.74) is 0. The van der Waals surface area contributed by atoms with Crippen molar-refractivity contribution >= 4 is 8.32 Å². The lowest BCUT2D eigenvalue weighted by Crippen LogP contribution is -2.44. The monoisotopic (exact) mass is 254 g/mol. The third kappa shape index (κ3) is 2.78. The van der Waals surface area contributed by atoms with E-state index in [9.17, 15) is 0 Å². The van der Waals surface area contributed by atoms with Crippen LogP contribution in [-0.4, -0.2) is 14.4 Å². The summed E-state index contributed by atoms with van der Waals surface area (Å²) in [6.07, 6.45) is 9.32. The van der Waals surface area contributed by atoms with E-state index in [0.717, 1.165) is 11.8 Å². The minimum absolute atomic E-state index is 0.641. The topological polar surface area (TPSA) is 9.23 Å². The van der Waals surface area contributed by atoms with Gasteiger partial charge in [-0.15, -0.1) is 0 Å². The van der Waals surface area contributed by atoms with Gasteiger partial charge in [0.15, 0.2) is 8.32 Å². The highest BCUT2D eigenvalue weighted by Crippen LogP contribution is 2.44. The lowest BCUT2D eigenvalue weighted by Gasteiger charge is -2.40. The third-order valence-electron chi connectivity index (χ3n) is 5.59. The van der Waals surface area contributed by atoms with E-state index >= 15 is 0 Å². The quantitative estimate of drug-likeness (QED) is 0.629. The van der Waals surface area contributed by atoms with E-state index in [1.807, 2.05) is 0 Å². The van der Waals surface area contributed by atoms with Crippen molar-refractivity contribution in [2.45, 2.75) is 83.5 Å². The van der Waals surface area contributed by atoms with Crippen LogP contribution in [0, 0.1) is 11.8 Å². The van der Waals surface area contributed by atoms with Gasteiger partial charge in [0, 0.05) is 6.10 Å². The summed E-state index contributed by atoms with van der Waals surface area (Å²) < 4.78 is 6.78. The Morgan fingerprint density at radius 3 is 2.06 bits per heavy atom. The van der Waals surface area contributed by atoms with Crippen LogP contribution in [0.15, 0.2) is 0 Å². The second-order valence-electron chi connectivity index (χ2n) is 6.19. The van der Waals surface area contributed by atoms with Crippen LogP contribution in [0.5, 0.6) is 0 Å². The zero-order valence-corrected chi connectivity index (χ0v) is 13.0.